The first-order chi connectivity index (χ1) is 9.28. The standard InChI is InChI=1S/C16H19NO2/c17-11-14(9-13-5-2-1-3-6-13)12-19-16-8-4-7-15(18)10-16/h1-8,10,14,18H,9,11-12,17H2. The number of benzene rings is 2. The van der Waals surface area contributed by atoms with Crippen LogP contribution in [0.25, 0.3) is 0 Å². The Balaban J connectivity index is 1.89. The Morgan fingerprint density at radius 2 is 1.84 bits per heavy atom. The van der Waals surface area contributed by atoms with Crippen LogP contribution in [0.3, 0.4) is 0 Å². The molecule has 0 fully saturated rings. The highest BCUT2D eigenvalue weighted by Gasteiger charge is 2.09. The lowest BCUT2D eigenvalue weighted by atomic mass is 10.0. The van der Waals surface area contributed by atoms with Crippen molar-refractivity contribution in [2.24, 2.45) is 11.7 Å². The van der Waals surface area contributed by atoms with Crippen LogP contribution in [0.15, 0.2) is 54.6 Å². The van der Waals surface area contributed by atoms with Crippen molar-refractivity contribution in [1.29, 1.82) is 0 Å². The number of hydrogen-bond donors (Lipinski definition) is 2. The molecule has 1 atom stereocenters. The van der Waals surface area contributed by atoms with Crippen molar-refractivity contribution >= 4 is 0 Å². The Kier molecular flexibility index (Phi) is 4.81. The van der Waals surface area contributed by atoms with Gasteiger partial charge in [0.25, 0.3) is 0 Å². The lowest BCUT2D eigenvalue weighted by Crippen LogP contribution is -2.23. The van der Waals surface area contributed by atoms with Gasteiger partial charge in [-0.15, -0.1) is 0 Å². The van der Waals surface area contributed by atoms with Crippen molar-refractivity contribution in [1.82, 2.24) is 0 Å². The second-order valence-corrected chi connectivity index (χ2v) is 4.60. The van der Waals surface area contributed by atoms with Gasteiger partial charge in [-0.05, 0) is 30.7 Å². The van der Waals surface area contributed by atoms with E-state index in [-0.39, 0.29) is 11.7 Å². The number of aromatic hydroxyl groups is 1. The highest BCUT2D eigenvalue weighted by Crippen LogP contribution is 2.19. The van der Waals surface area contributed by atoms with Gasteiger partial charge in [-0.1, -0.05) is 36.4 Å². The molecule has 2 rings (SSSR count). The van der Waals surface area contributed by atoms with Gasteiger partial charge in [-0.2, -0.15) is 0 Å². The van der Waals surface area contributed by atoms with E-state index in [0.717, 1.165) is 6.42 Å². The smallest absolute Gasteiger partial charge is 0.122 e. The molecular weight excluding hydrogens is 238 g/mol. The minimum Gasteiger partial charge on any atom is -0.508 e. The maximum absolute atomic E-state index is 9.37. The third-order valence-corrected chi connectivity index (χ3v) is 3.00. The summed E-state index contributed by atoms with van der Waals surface area (Å²) in [4.78, 5) is 0. The maximum Gasteiger partial charge on any atom is 0.122 e. The fourth-order valence-corrected chi connectivity index (χ4v) is 1.95. The van der Waals surface area contributed by atoms with E-state index in [1.54, 1.807) is 18.2 Å². The third kappa shape index (κ3) is 4.30. The average molecular weight is 257 g/mol. The highest BCUT2D eigenvalue weighted by molar-refractivity contribution is 5.31. The second kappa shape index (κ2) is 6.81. The van der Waals surface area contributed by atoms with Crippen molar-refractivity contribution in [3.63, 3.8) is 0 Å². The van der Waals surface area contributed by atoms with Gasteiger partial charge in [-0.3, -0.25) is 0 Å². The van der Waals surface area contributed by atoms with Crippen LogP contribution in [0.4, 0.5) is 0 Å². The van der Waals surface area contributed by atoms with Crippen LogP contribution in [-0.2, 0) is 6.42 Å². The van der Waals surface area contributed by atoms with Gasteiger partial charge >= 0.3 is 0 Å². The van der Waals surface area contributed by atoms with E-state index in [1.807, 2.05) is 24.3 Å². The quantitative estimate of drug-likeness (QED) is 0.836. The first-order valence-corrected chi connectivity index (χ1v) is 6.44. The predicted molar refractivity (Wildman–Crippen MR) is 76.3 cm³/mol. The second-order valence-electron chi connectivity index (χ2n) is 4.60. The molecule has 0 aliphatic heterocycles. The normalized spacial score (nSPS) is 12.1. The van der Waals surface area contributed by atoms with Crippen LogP contribution in [0.1, 0.15) is 5.56 Å². The molecule has 0 amide bonds. The molecule has 0 heterocycles. The van der Waals surface area contributed by atoms with Crippen LogP contribution in [0, 0.1) is 5.92 Å². The molecular formula is C16H19NO2. The minimum absolute atomic E-state index is 0.213. The molecule has 1 unspecified atom stereocenters. The summed E-state index contributed by atoms with van der Waals surface area (Å²) in [5.41, 5.74) is 7.05. The molecule has 0 aliphatic carbocycles. The van der Waals surface area contributed by atoms with Crippen molar-refractivity contribution in [3.05, 3.63) is 60.2 Å². The molecule has 100 valence electrons. The monoisotopic (exact) mass is 257 g/mol. The van der Waals surface area contributed by atoms with Crippen molar-refractivity contribution in [3.8, 4) is 11.5 Å². The molecule has 0 aromatic heterocycles. The number of rotatable bonds is 6. The van der Waals surface area contributed by atoms with E-state index in [0.29, 0.717) is 18.9 Å². The zero-order chi connectivity index (χ0) is 13.5. The lowest BCUT2D eigenvalue weighted by Gasteiger charge is -2.16. The van der Waals surface area contributed by atoms with E-state index in [9.17, 15) is 5.11 Å². The summed E-state index contributed by atoms with van der Waals surface area (Å²) in [6.07, 6.45) is 0.899. The summed E-state index contributed by atoms with van der Waals surface area (Å²) < 4.78 is 5.67. The van der Waals surface area contributed by atoms with E-state index in [2.05, 4.69) is 12.1 Å². The number of ether oxygens (including phenoxy) is 1. The molecule has 0 saturated carbocycles. The van der Waals surface area contributed by atoms with Crippen LogP contribution in [-0.4, -0.2) is 18.3 Å². The van der Waals surface area contributed by atoms with E-state index >= 15 is 0 Å². The van der Waals surface area contributed by atoms with Gasteiger partial charge in [0, 0.05) is 12.0 Å². The first-order valence-electron chi connectivity index (χ1n) is 6.44. The Morgan fingerprint density at radius 3 is 2.53 bits per heavy atom. The van der Waals surface area contributed by atoms with Crippen LogP contribution in [0.5, 0.6) is 11.5 Å². The lowest BCUT2D eigenvalue weighted by molar-refractivity contribution is 0.251. The number of hydrogen-bond acceptors (Lipinski definition) is 3. The number of phenols is 1. The SMILES string of the molecule is NCC(COc1cccc(O)c1)Cc1ccccc1. The zero-order valence-electron chi connectivity index (χ0n) is 10.8. The summed E-state index contributed by atoms with van der Waals surface area (Å²) in [5.74, 6) is 1.15. The molecule has 0 spiro atoms. The molecule has 3 N–H and O–H groups in total. The molecule has 19 heavy (non-hydrogen) atoms. The van der Waals surface area contributed by atoms with Gasteiger partial charge in [0.2, 0.25) is 0 Å². The fourth-order valence-electron chi connectivity index (χ4n) is 1.95. The van der Waals surface area contributed by atoms with Gasteiger partial charge in [0.1, 0.15) is 11.5 Å². The van der Waals surface area contributed by atoms with Gasteiger partial charge < -0.3 is 15.6 Å². The number of nitrogens with two attached hydrogens (primary N) is 1. The zero-order valence-corrected chi connectivity index (χ0v) is 10.8. The van der Waals surface area contributed by atoms with E-state index in [4.69, 9.17) is 10.5 Å². The predicted octanol–water partition coefficient (Wildman–Crippen LogP) is 2.59. The van der Waals surface area contributed by atoms with Crippen molar-refractivity contribution in [2.75, 3.05) is 13.2 Å². The Morgan fingerprint density at radius 1 is 1.05 bits per heavy atom. The number of phenolic OH excluding ortho intramolecular Hbond substituents is 1. The Hall–Kier alpha value is -2.00. The van der Waals surface area contributed by atoms with Gasteiger partial charge in [0.05, 0.1) is 6.61 Å². The highest BCUT2D eigenvalue weighted by atomic mass is 16.5. The van der Waals surface area contributed by atoms with Crippen LogP contribution < -0.4 is 10.5 Å². The summed E-state index contributed by atoms with van der Waals surface area (Å²) in [6, 6.07) is 17.1. The Labute approximate surface area is 113 Å². The van der Waals surface area contributed by atoms with Gasteiger partial charge in [-0.25, -0.2) is 0 Å². The molecule has 0 radical (unpaired) electrons. The molecule has 0 bridgehead atoms. The van der Waals surface area contributed by atoms with E-state index < -0.39 is 0 Å². The Bertz CT molecular complexity index is 499. The minimum atomic E-state index is 0.213. The van der Waals surface area contributed by atoms with Crippen molar-refractivity contribution in [2.45, 2.75) is 6.42 Å². The maximum atomic E-state index is 9.37. The third-order valence-electron chi connectivity index (χ3n) is 3.00. The molecule has 3 nitrogen and oxygen atoms in total. The fraction of sp³-hybridized carbons (Fsp3) is 0.250. The first kappa shape index (κ1) is 13.4. The molecule has 0 aliphatic rings. The summed E-state index contributed by atoms with van der Waals surface area (Å²) in [6.45, 7) is 1.13. The van der Waals surface area contributed by atoms with Crippen LogP contribution in [0.2, 0.25) is 0 Å². The molecule has 3 heteroatoms. The summed E-state index contributed by atoms with van der Waals surface area (Å²) in [7, 11) is 0. The van der Waals surface area contributed by atoms with Crippen molar-refractivity contribution < 1.29 is 9.84 Å². The average Bonchev–Trinajstić information content (AvgIpc) is 2.44. The molecule has 2 aromatic rings. The summed E-state index contributed by atoms with van der Waals surface area (Å²) >= 11 is 0. The largest absolute Gasteiger partial charge is 0.508 e. The summed E-state index contributed by atoms with van der Waals surface area (Å²) in [5, 5.41) is 9.37. The molecule has 0 saturated heterocycles. The molecule has 2 aromatic carbocycles. The van der Waals surface area contributed by atoms with Gasteiger partial charge in [0.15, 0.2) is 0 Å². The van der Waals surface area contributed by atoms with Crippen LogP contribution >= 0.6 is 0 Å². The topological polar surface area (TPSA) is 55.5 Å². The van der Waals surface area contributed by atoms with E-state index in [1.165, 1.54) is 5.56 Å².